The van der Waals surface area contributed by atoms with Crippen LogP contribution in [0.5, 0.6) is 0 Å². The topological polar surface area (TPSA) is 68.1 Å². The Balaban J connectivity index is 1.91. The van der Waals surface area contributed by atoms with Crippen molar-refractivity contribution < 1.29 is 9.31 Å². The van der Waals surface area contributed by atoms with Crippen molar-refractivity contribution in [2.24, 2.45) is 0 Å². The van der Waals surface area contributed by atoms with Gasteiger partial charge in [0.2, 0.25) is 0 Å². The van der Waals surface area contributed by atoms with Crippen LogP contribution in [0.2, 0.25) is 0 Å². The van der Waals surface area contributed by atoms with Crippen LogP contribution < -0.4 is 5.32 Å². The molecule has 0 aliphatic heterocycles. The third-order valence-electron chi connectivity index (χ3n) is 3.05. The van der Waals surface area contributed by atoms with Crippen molar-refractivity contribution in [3.63, 3.8) is 0 Å². The number of rotatable bonds is 4. The Morgan fingerprint density at radius 2 is 2.00 bits per heavy atom. The number of hydrogen-bond acceptors (Lipinski definition) is 5. The van der Waals surface area contributed by atoms with Gasteiger partial charge in [0.1, 0.15) is 11.5 Å². The van der Waals surface area contributed by atoms with Crippen molar-refractivity contribution in [3.05, 3.63) is 63.4 Å². The smallest absolute Gasteiger partial charge is 0.319 e. The number of anilines is 1. The summed E-state index contributed by atoms with van der Waals surface area (Å²) >= 11 is 1.36. The molecule has 0 saturated heterocycles. The Morgan fingerprint density at radius 1 is 1.24 bits per heavy atom. The maximum Gasteiger partial charge on any atom is 0.319 e. The number of hydrogen-bond donors (Lipinski definition) is 1. The minimum atomic E-state index is -0.435. The molecule has 1 aromatic heterocycles. The van der Waals surface area contributed by atoms with E-state index in [9.17, 15) is 14.5 Å². The Bertz CT molecular complexity index is 802. The lowest BCUT2D eigenvalue weighted by Crippen LogP contribution is -2.03. The normalized spacial score (nSPS) is 10.7. The van der Waals surface area contributed by atoms with Crippen molar-refractivity contribution in [1.82, 2.24) is 4.98 Å². The predicted octanol–water partition coefficient (Wildman–Crippen LogP) is 3.96. The molecule has 21 heavy (non-hydrogen) atoms. The summed E-state index contributed by atoms with van der Waals surface area (Å²) in [5.41, 5.74) is 3.18. The first-order chi connectivity index (χ1) is 10.1. The maximum atomic E-state index is 12.8. The molecular formula is C14H10FN3O2S. The van der Waals surface area contributed by atoms with Crippen molar-refractivity contribution in [1.29, 1.82) is 0 Å². The molecule has 0 aliphatic carbocycles. The van der Waals surface area contributed by atoms with Gasteiger partial charge >= 0.3 is 5.69 Å². The SMILES string of the molecule is O=[N+]([O-])c1c(NCc2ccc(F)cc2)ccc2scnc12. The second kappa shape index (κ2) is 5.45. The number of nitro groups is 1. The van der Waals surface area contributed by atoms with Gasteiger partial charge in [0, 0.05) is 6.54 Å². The molecule has 3 aromatic rings. The molecule has 0 aliphatic rings. The minimum Gasteiger partial charge on any atom is -0.375 e. The van der Waals surface area contributed by atoms with Crippen molar-refractivity contribution in [2.45, 2.75) is 6.54 Å². The van der Waals surface area contributed by atoms with Crippen LogP contribution in [0.1, 0.15) is 5.56 Å². The maximum absolute atomic E-state index is 12.8. The van der Waals surface area contributed by atoms with Crippen LogP contribution in [-0.2, 0) is 6.54 Å². The molecule has 0 unspecified atom stereocenters. The summed E-state index contributed by atoms with van der Waals surface area (Å²) in [6.45, 7) is 0.372. The summed E-state index contributed by atoms with van der Waals surface area (Å²) in [5.74, 6) is -0.311. The van der Waals surface area contributed by atoms with Crippen LogP contribution in [0.25, 0.3) is 10.2 Å². The van der Waals surface area contributed by atoms with Crippen molar-refractivity contribution in [2.75, 3.05) is 5.32 Å². The van der Waals surface area contributed by atoms with Crippen LogP contribution in [0.4, 0.5) is 15.8 Å². The van der Waals surface area contributed by atoms with E-state index in [-0.39, 0.29) is 11.5 Å². The molecule has 0 saturated carbocycles. The highest BCUT2D eigenvalue weighted by molar-refractivity contribution is 7.16. The van der Waals surface area contributed by atoms with Gasteiger partial charge < -0.3 is 5.32 Å². The van der Waals surface area contributed by atoms with E-state index in [0.717, 1.165) is 10.3 Å². The number of benzene rings is 2. The van der Waals surface area contributed by atoms with Gasteiger partial charge in [-0.2, -0.15) is 0 Å². The zero-order valence-corrected chi connectivity index (χ0v) is 11.6. The number of fused-ring (bicyclic) bond motifs is 1. The molecule has 106 valence electrons. The van der Waals surface area contributed by atoms with Gasteiger partial charge in [-0.05, 0) is 29.8 Å². The summed E-state index contributed by atoms with van der Waals surface area (Å²) in [6.07, 6.45) is 0. The fourth-order valence-electron chi connectivity index (χ4n) is 2.04. The zero-order valence-electron chi connectivity index (χ0n) is 10.7. The Morgan fingerprint density at radius 3 is 2.71 bits per heavy atom. The largest absolute Gasteiger partial charge is 0.375 e. The van der Waals surface area contributed by atoms with Crippen molar-refractivity contribution in [3.8, 4) is 0 Å². The van der Waals surface area contributed by atoms with E-state index < -0.39 is 4.92 Å². The molecule has 0 atom stereocenters. The molecule has 3 rings (SSSR count). The van der Waals surface area contributed by atoms with E-state index in [1.807, 2.05) is 0 Å². The first-order valence-corrected chi connectivity index (χ1v) is 7.02. The van der Waals surface area contributed by atoms with Gasteiger partial charge in [0.25, 0.3) is 0 Å². The molecule has 0 bridgehead atoms. The lowest BCUT2D eigenvalue weighted by atomic mass is 10.2. The highest BCUT2D eigenvalue weighted by Crippen LogP contribution is 2.34. The lowest BCUT2D eigenvalue weighted by molar-refractivity contribution is -0.382. The fraction of sp³-hybridized carbons (Fsp3) is 0.0714. The first-order valence-electron chi connectivity index (χ1n) is 6.14. The average Bonchev–Trinajstić information content (AvgIpc) is 2.94. The second-order valence-corrected chi connectivity index (χ2v) is 5.28. The number of aromatic nitrogens is 1. The van der Waals surface area contributed by atoms with Gasteiger partial charge in [-0.1, -0.05) is 12.1 Å². The zero-order chi connectivity index (χ0) is 14.8. The highest BCUT2D eigenvalue weighted by atomic mass is 32.1. The Labute approximate surface area is 123 Å². The standard InChI is InChI=1S/C14H10FN3O2S/c15-10-3-1-9(2-4-10)7-16-11-5-6-12-13(17-8-21-12)14(11)18(19)20/h1-6,8,16H,7H2. The number of nitrogens with zero attached hydrogens (tertiary/aromatic N) is 2. The Kier molecular flexibility index (Phi) is 3.49. The average molecular weight is 303 g/mol. The van der Waals surface area contributed by atoms with Gasteiger partial charge in [0.05, 0.1) is 15.1 Å². The van der Waals surface area contributed by atoms with E-state index >= 15 is 0 Å². The monoisotopic (exact) mass is 303 g/mol. The Hall–Kier alpha value is -2.54. The van der Waals surface area contributed by atoms with Crippen LogP contribution in [0, 0.1) is 15.9 Å². The third-order valence-corrected chi connectivity index (χ3v) is 3.85. The van der Waals surface area contributed by atoms with E-state index in [1.54, 1.807) is 29.8 Å². The summed E-state index contributed by atoms with van der Waals surface area (Å²) < 4.78 is 13.6. The number of nitro benzene ring substituents is 1. The molecule has 0 amide bonds. The second-order valence-electron chi connectivity index (χ2n) is 4.40. The first kappa shape index (κ1) is 13.4. The molecular weight excluding hydrogens is 293 g/mol. The van der Waals surface area contributed by atoms with Gasteiger partial charge in [-0.15, -0.1) is 11.3 Å². The number of halogens is 1. The summed E-state index contributed by atoms with van der Waals surface area (Å²) in [7, 11) is 0. The molecule has 1 heterocycles. The molecule has 7 heteroatoms. The van der Waals surface area contributed by atoms with Crippen LogP contribution in [0.15, 0.2) is 41.9 Å². The fourth-order valence-corrected chi connectivity index (χ4v) is 2.72. The van der Waals surface area contributed by atoms with Crippen LogP contribution in [0.3, 0.4) is 0 Å². The highest BCUT2D eigenvalue weighted by Gasteiger charge is 2.20. The molecule has 0 fully saturated rings. The van der Waals surface area contributed by atoms with E-state index in [1.165, 1.54) is 23.5 Å². The summed E-state index contributed by atoms with van der Waals surface area (Å²) in [5, 5.41) is 14.3. The van der Waals surface area contributed by atoms with Gasteiger partial charge in [-0.3, -0.25) is 10.1 Å². The van der Waals surface area contributed by atoms with Crippen LogP contribution >= 0.6 is 11.3 Å². The summed E-state index contributed by atoms with van der Waals surface area (Å²) in [4.78, 5) is 14.9. The minimum absolute atomic E-state index is 0.0316. The molecule has 5 nitrogen and oxygen atoms in total. The molecule has 0 radical (unpaired) electrons. The third kappa shape index (κ3) is 2.68. The summed E-state index contributed by atoms with van der Waals surface area (Å²) in [6, 6.07) is 9.45. The molecule has 1 N–H and O–H groups in total. The number of nitrogens with one attached hydrogen (secondary N) is 1. The van der Waals surface area contributed by atoms with E-state index in [0.29, 0.717) is 17.7 Å². The lowest BCUT2D eigenvalue weighted by Gasteiger charge is -2.07. The number of thiazole rings is 1. The van der Waals surface area contributed by atoms with Crippen LogP contribution in [-0.4, -0.2) is 9.91 Å². The van der Waals surface area contributed by atoms with E-state index in [2.05, 4.69) is 10.3 Å². The molecule has 0 spiro atoms. The van der Waals surface area contributed by atoms with Gasteiger partial charge in [-0.25, -0.2) is 9.37 Å². The van der Waals surface area contributed by atoms with Crippen molar-refractivity contribution >= 4 is 32.9 Å². The van der Waals surface area contributed by atoms with E-state index in [4.69, 9.17) is 0 Å². The predicted molar refractivity (Wildman–Crippen MR) is 80.0 cm³/mol. The quantitative estimate of drug-likeness (QED) is 0.585. The molecule has 2 aromatic carbocycles. The van der Waals surface area contributed by atoms with Gasteiger partial charge in [0.15, 0.2) is 5.52 Å².